The van der Waals surface area contributed by atoms with E-state index in [0.717, 1.165) is 0 Å². The first kappa shape index (κ1) is 15.8. The summed E-state index contributed by atoms with van der Waals surface area (Å²) < 4.78 is 37.0. The van der Waals surface area contributed by atoms with Crippen LogP contribution < -0.4 is 5.32 Å². The molecule has 0 radical (unpaired) electrons. The maximum absolute atomic E-state index is 12.3. The zero-order valence-corrected chi connectivity index (χ0v) is 10.9. The third-order valence-electron chi connectivity index (χ3n) is 2.20. The number of anilines is 1. The van der Waals surface area contributed by atoms with Crippen LogP contribution in [-0.2, 0) is 4.79 Å². The van der Waals surface area contributed by atoms with Crippen LogP contribution in [0.4, 0.5) is 18.9 Å². The van der Waals surface area contributed by atoms with Crippen molar-refractivity contribution in [1.29, 1.82) is 0 Å². The van der Waals surface area contributed by atoms with Crippen molar-refractivity contribution in [3.8, 4) is 0 Å². The van der Waals surface area contributed by atoms with Crippen LogP contribution in [0, 0.1) is 0 Å². The molecule has 0 spiro atoms. The monoisotopic (exact) mass is 293 g/mol. The molecule has 1 amide bonds. The molecule has 0 fully saturated rings. The highest BCUT2D eigenvalue weighted by Crippen LogP contribution is 2.40. The lowest BCUT2D eigenvalue weighted by atomic mass is 10.2. The lowest BCUT2D eigenvalue weighted by Gasteiger charge is -2.12. The molecule has 0 saturated heterocycles. The number of carbonyl (C=O) groups is 1. The maximum atomic E-state index is 12.3. The first-order valence-corrected chi connectivity index (χ1v) is 6.49. The predicted octanol–water partition coefficient (Wildman–Crippen LogP) is 3.40. The van der Waals surface area contributed by atoms with Crippen LogP contribution in [0.15, 0.2) is 29.2 Å². The number of aliphatic hydroxyl groups is 1. The topological polar surface area (TPSA) is 49.3 Å². The normalized spacial score (nSPS) is 11.4. The Hall–Kier alpha value is -1.21. The minimum Gasteiger partial charge on any atom is -0.396 e. The summed E-state index contributed by atoms with van der Waals surface area (Å²) in [5, 5.41) is 11.0. The average molecular weight is 293 g/mol. The van der Waals surface area contributed by atoms with E-state index >= 15 is 0 Å². The lowest BCUT2D eigenvalue weighted by Crippen LogP contribution is -2.12. The van der Waals surface area contributed by atoms with E-state index in [2.05, 4.69) is 5.32 Å². The molecule has 0 bridgehead atoms. The number of para-hydroxylation sites is 1. The lowest BCUT2D eigenvalue weighted by molar-refractivity contribution is -0.116. The first-order chi connectivity index (χ1) is 8.92. The van der Waals surface area contributed by atoms with Crippen molar-refractivity contribution in [1.82, 2.24) is 0 Å². The first-order valence-electron chi connectivity index (χ1n) is 5.68. The van der Waals surface area contributed by atoms with E-state index in [0.29, 0.717) is 12.8 Å². The molecule has 1 aromatic rings. The number of hydrogen-bond acceptors (Lipinski definition) is 3. The maximum Gasteiger partial charge on any atom is 0.446 e. The standard InChI is InChI=1S/C12H14F3NO2S/c13-12(14,15)19-10-6-2-1-5-9(10)16-11(18)7-3-4-8-17/h1-2,5-6,17H,3-4,7-8H2,(H,16,18). The molecule has 7 heteroatoms. The van der Waals surface area contributed by atoms with E-state index in [4.69, 9.17) is 5.11 Å². The molecule has 0 aromatic heterocycles. The molecule has 0 aliphatic heterocycles. The van der Waals surface area contributed by atoms with Crippen LogP contribution in [0.5, 0.6) is 0 Å². The van der Waals surface area contributed by atoms with Gasteiger partial charge in [-0.25, -0.2) is 0 Å². The van der Waals surface area contributed by atoms with Crippen LogP contribution in [0.1, 0.15) is 19.3 Å². The van der Waals surface area contributed by atoms with Gasteiger partial charge in [0.1, 0.15) is 0 Å². The van der Waals surface area contributed by atoms with Gasteiger partial charge in [-0.15, -0.1) is 0 Å². The minimum atomic E-state index is -4.39. The van der Waals surface area contributed by atoms with Gasteiger partial charge in [0.05, 0.1) is 5.69 Å². The molecule has 0 aliphatic rings. The number of benzene rings is 1. The zero-order valence-electron chi connectivity index (χ0n) is 10.0. The number of nitrogens with one attached hydrogen (secondary N) is 1. The molecule has 3 nitrogen and oxygen atoms in total. The fourth-order valence-corrected chi connectivity index (χ4v) is 2.02. The summed E-state index contributed by atoms with van der Waals surface area (Å²) in [4.78, 5) is 11.5. The van der Waals surface area contributed by atoms with Crippen LogP contribution in [0.25, 0.3) is 0 Å². The molecule has 0 heterocycles. The molecule has 0 aliphatic carbocycles. The number of hydrogen-bond donors (Lipinski definition) is 2. The third-order valence-corrected chi connectivity index (χ3v) is 3.01. The molecule has 0 saturated carbocycles. The van der Waals surface area contributed by atoms with Gasteiger partial charge in [0, 0.05) is 17.9 Å². The summed E-state index contributed by atoms with van der Waals surface area (Å²) in [6, 6.07) is 5.78. The van der Waals surface area contributed by atoms with Gasteiger partial charge in [-0.05, 0) is 36.7 Å². The molecule has 19 heavy (non-hydrogen) atoms. The molecular formula is C12H14F3NO2S. The minimum absolute atomic E-state index is 0.00616. The zero-order chi connectivity index (χ0) is 14.3. The van der Waals surface area contributed by atoms with Gasteiger partial charge in [-0.2, -0.15) is 13.2 Å². The smallest absolute Gasteiger partial charge is 0.396 e. The van der Waals surface area contributed by atoms with Gasteiger partial charge in [-0.3, -0.25) is 4.79 Å². The van der Waals surface area contributed by atoms with Crippen LogP contribution in [-0.4, -0.2) is 23.1 Å². The van der Waals surface area contributed by atoms with Gasteiger partial charge >= 0.3 is 5.51 Å². The quantitative estimate of drug-likeness (QED) is 0.624. The highest BCUT2D eigenvalue weighted by molar-refractivity contribution is 8.00. The van der Waals surface area contributed by atoms with Gasteiger partial charge < -0.3 is 10.4 Å². The Bertz CT molecular complexity index is 424. The molecule has 0 unspecified atom stereocenters. The van der Waals surface area contributed by atoms with E-state index in [1.807, 2.05) is 0 Å². The number of amides is 1. The van der Waals surface area contributed by atoms with Crippen molar-refractivity contribution in [2.75, 3.05) is 11.9 Å². The Labute approximate surface area is 113 Å². The van der Waals surface area contributed by atoms with Crippen LogP contribution in [0.2, 0.25) is 0 Å². The summed E-state index contributed by atoms with van der Waals surface area (Å²) in [5.74, 6) is -0.358. The molecule has 0 atom stereocenters. The van der Waals surface area contributed by atoms with Gasteiger partial charge in [-0.1, -0.05) is 12.1 Å². The van der Waals surface area contributed by atoms with E-state index in [1.165, 1.54) is 18.2 Å². The second kappa shape index (κ2) is 7.40. The number of halogens is 3. The summed E-state index contributed by atoms with van der Waals surface area (Å²) in [6.07, 6.45) is 1.16. The number of carbonyl (C=O) groups excluding carboxylic acids is 1. The van der Waals surface area contributed by atoms with Crippen molar-refractivity contribution in [2.45, 2.75) is 29.7 Å². The number of unbranched alkanes of at least 4 members (excludes halogenated alkanes) is 1. The second-order valence-electron chi connectivity index (χ2n) is 3.77. The van der Waals surface area contributed by atoms with E-state index in [1.54, 1.807) is 6.07 Å². The fraction of sp³-hybridized carbons (Fsp3) is 0.417. The Kier molecular flexibility index (Phi) is 6.17. The van der Waals surface area contributed by atoms with Crippen molar-refractivity contribution in [2.24, 2.45) is 0 Å². The van der Waals surface area contributed by atoms with Gasteiger partial charge in [0.25, 0.3) is 0 Å². The van der Waals surface area contributed by atoms with Gasteiger partial charge in [0.15, 0.2) is 0 Å². The molecule has 1 aromatic carbocycles. The van der Waals surface area contributed by atoms with E-state index in [-0.39, 0.29) is 41.3 Å². The van der Waals surface area contributed by atoms with Crippen molar-refractivity contribution < 1.29 is 23.1 Å². The number of thioether (sulfide) groups is 1. The Balaban J connectivity index is 2.64. The number of rotatable bonds is 6. The number of alkyl halides is 3. The largest absolute Gasteiger partial charge is 0.446 e. The number of aliphatic hydroxyl groups excluding tert-OH is 1. The van der Waals surface area contributed by atoms with Gasteiger partial charge in [0.2, 0.25) is 5.91 Å². The predicted molar refractivity (Wildman–Crippen MR) is 67.9 cm³/mol. The van der Waals surface area contributed by atoms with Crippen molar-refractivity contribution in [3.05, 3.63) is 24.3 Å². The van der Waals surface area contributed by atoms with Crippen molar-refractivity contribution >= 4 is 23.4 Å². The SMILES string of the molecule is O=C(CCCCO)Nc1ccccc1SC(F)(F)F. The Morgan fingerprint density at radius 2 is 1.95 bits per heavy atom. The molecule has 106 valence electrons. The average Bonchev–Trinajstić information content (AvgIpc) is 2.30. The summed E-state index contributed by atoms with van der Waals surface area (Å²) >= 11 is -0.257. The molecule has 2 N–H and O–H groups in total. The molecular weight excluding hydrogens is 279 g/mol. The van der Waals surface area contributed by atoms with E-state index in [9.17, 15) is 18.0 Å². The van der Waals surface area contributed by atoms with Crippen molar-refractivity contribution in [3.63, 3.8) is 0 Å². The van der Waals surface area contributed by atoms with E-state index < -0.39 is 5.51 Å². The summed E-state index contributed by atoms with van der Waals surface area (Å²) in [6.45, 7) is -0.00616. The molecule has 1 rings (SSSR count). The summed E-state index contributed by atoms with van der Waals surface area (Å²) in [5.41, 5.74) is -4.24. The van der Waals surface area contributed by atoms with Crippen LogP contribution >= 0.6 is 11.8 Å². The summed E-state index contributed by atoms with van der Waals surface area (Å²) in [7, 11) is 0. The highest BCUT2D eigenvalue weighted by atomic mass is 32.2. The fourth-order valence-electron chi connectivity index (χ4n) is 1.39. The Morgan fingerprint density at radius 3 is 2.58 bits per heavy atom. The Morgan fingerprint density at radius 1 is 1.26 bits per heavy atom. The van der Waals surface area contributed by atoms with Crippen LogP contribution in [0.3, 0.4) is 0 Å². The second-order valence-corrected chi connectivity index (χ2v) is 4.88. The highest BCUT2D eigenvalue weighted by Gasteiger charge is 2.30. The third kappa shape index (κ3) is 6.49.